The molecule has 5 nitrogen and oxygen atoms in total. The molecule has 0 bridgehead atoms. The first-order valence-corrected chi connectivity index (χ1v) is 7.93. The van der Waals surface area contributed by atoms with E-state index < -0.39 is 0 Å². The summed E-state index contributed by atoms with van der Waals surface area (Å²) >= 11 is 5.40. The van der Waals surface area contributed by atoms with Crippen LogP contribution < -0.4 is 0 Å². The Morgan fingerprint density at radius 2 is 1.67 bits per heavy atom. The summed E-state index contributed by atoms with van der Waals surface area (Å²) in [5.74, 6) is -0.177. The molecule has 2 aromatic carbocycles. The van der Waals surface area contributed by atoms with Crippen molar-refractivity contribution < 1.29 is 4.79 Å². The molecule has 2 aromatic heterocycles. The fourth-order valence-corrected chi connectivity index (χ4v) is 3.05. The standard InChI is InChI=1S/C18H14N4OS/c1-12-15-16(22(20-12)14-10-6-3-7-11-14)21(18(24)19-15)17(23)13-8-4-2-5-9-13/h2-11H,1H3,(H,19,24). The molecule has 118 valence electrons. The van der Waals surface area contributed by atoms with Crippen LogP contribution in [-0.4, -0.2) is 25.2 Å². The number of hydrogen-bond acceptors (Lipinski definition) is 3. The molecule has 0 radical (unpaired) electrons. The van der Waals surface area contributed by atoms with E-state index in [9.17, 15) is 4.79 Å². The molecule has 0 amide bonds. The Balaban J connectivity index is 2.02. The predicted molar refractivity (Wildman–Crippen MR) is 95.2 cm³/mol. The summed E-state index contributed by atoms with van der Waals surface area (Å²) in [7, 11) is 0. The van der Waals surface area contributed by atoms with Gasteiger partial charge in [0.05, 0.1) is 11.4 Å². The van der Waals surface area contributed by atoms with Gasteiger partial charge in [-0.3, -0.25) is 4.79 Å². The number of aromatic amines is 1. The highest BCUT2D eigenvalue weighted by molar-refractivity contribution is 7.71. The SMILES string of the molecule is Cc1nn(-c2ccccc2)c2c1[nH]c(=S)n2C(=O)c1ccccc1. The third kappa shape index (κ3) is 2.19. The number of nitrogens with zero attached hydrogens (tertiary/aromatic N) is 3. The van der Waals surface area contributed by atoms with Gasteiger partial charge in [-0.15, -0.1) is 0 Å². The Bertz CT molecular complexity index is 1090. The van der Waals surface area contributed by atoms with E-state index in [0.29, 0.717) is 16.0 Å². The summed E-state index contributed by atoms with van der Waals surface area (Å²) in [4.78, 5) is 16.1. The first-order valence-electron chi connectivity index (χ1n) is 7.52. The van der Waals surface area contributed by atoms with Crippen LogP contribution in [0, 0.1) is 11.7 Å². The molecule has 4 aromatic rings. The zero-order chi connectivity index (χ0) is 16.7. The first kappa shape index (κ1) is 14.6. The number of rotatable bonds is 2. The summed E-state index contributed by atoms with van der Waals surface area (Å²) in [6.45, 7) is 1.89. The van der Waals surface area contributed by atoms with Gasteiger partial charge in [0.15, 0.2) is 10.4 Å². The molecule has 24 heavy (non-hydrogen) atoms. The molecule has 0 unspecified atom stereocenters. The molecule has 6 heteroatoms. The largest absolute Gasteiger partial charge is 0.327 e. The summed E-state index contributed by atoms with van der Waals surface area (Å²) < 4.78 is 3.62. The van der Waals surface area contributed by atoms with Crippen LogP contribution in [0.25, 0.3) is 16.9 Å². The van der Waals surface area contributed by atoms with Gasteiger partial charge in [-0.1, -0.05) is 36.4 Å². The maximum atomic E-state index is 13.0. The molecule has 0 aliphatic rings. The van der Waals surface area contributed by atoms with Crippen LogP contribution in [0.4, 0.5) is 0 Å². The molecule has 0 saturated heterocycles. The molecular formula is C18H14N4OS. The van der Waals surface area contributed by atoms with Gasteiger partial charge in [0, 0.05) is 5.56 Å². The van der Waals surface area contributed by atoms with Crippen molar-refractivity contribution in [1.29, 1.82) is 0 Å². The lowest BCUT2D eigenvalue weighted by Crippen LogP contribution is -2.14. The normalized spacial score (nSPS) is 11.0. The summed E-state index contributed by atoms with van der Waals surface area (Å²) in [5, 5.41) is 4.56. The van der Waals surface area contributed by atoms with Crippen LogP contribution in [0.15, 0.2) is 60.7 Å². The monoisotopic (exact) mass is 334 g/mol. The Hall–Kier alpha value is -2.99. The van der Waals surface area contributed by atoms with Crippen LogP contribution in [0.2, 0.25) is 0 Å². The molecular weight excluding hydrogens is 320 g/mol. The van der Waals surface area contributed by atoms with Gasteiger partial charge in [-0.25, -0.2) is 9.25 Å². The molecule has 0 saturated carbocycles. The number of aryl methyl sites for hydroxylation is 1. The van der Waals surface area contributed by atoms with E-state index in [2.05, 4.69) is 10.1 Å². The zero-order valence-electron chi connectivity index (χ0n) is 12.9. The highest BCUT2D eigenvalue weighted by Crippen LogP contribution is 2.22. The maximum absolute atomic E-state index is 13.0. The Labute approximate surface area is 143 Å². The number of nitrogens with one attached hydrogen (secondary N) is 1. The van der Waals surface area contributed by atoms with Crippen molar-refractivity contribution in [1.82, 2.24) is 19.3 Å². The molecule has 0 aliphatic heterocycles. The fourth-order valence-electron chi connectivity index (χ4n) is 2.77. The predicted octanol–water partition coefficient (Wildman–Crippen LogP) is 3.88. The van der Waals surface area contributed by atoms with Crippen LogP contribution >= 0.6 is 12.2 Å². The van der Waals surface area contributed by atoms with E-state index in [1.807, 2.05) is 55.5 Å². The van der Waals surface area contributed by atoms with Gasteiger partial charge in [0.1, 0.15) is 5.52 Å². The third-order valence-electron chi connectivity index (χ3n) is 3.91. The lowest BCUT2D eigenvalue weighted by molar-refractivity contribution is 0.0962. The van der Waals surface area contributed by atoms with E-state index in [4.69, 9.17) is 12.2 Å². The summed E-state index contributed by atoms with van der Waals surface area (Å²) in [5.41, 5.74) is 3.66. The molecule has 1 N–H and O–H groups in total. The number of H-pyrrole nitrogens is 1. The van der Waals surface area contributed by atoms with E-state index in [0.717, 1.165) is 16.9 Å². The average molecular weight is 334 g/mol. The third-order valence-corrected chi connectivity index (χ3v) is 4.19. The smallest absolute Gasteiger partial charge is 0.265 e. The fraction of sp³-hybridized carbons (Fsp3) is 0.0556. The van der Waals surface area contributed by atoms with E-state index in [-0.39, 0.29) is 5.91 Å². The zero-order valence-corrected chi connectivity index (χ0v) is 13.7. The van der Waals surface area contributed by atoms with Crippen molar-refractivity contribution in [3.63, 3.8) is 0 Å². The second kappa shape index (κ2) is 5.58. The lowest BCUT2D eigenvalue weighted by atomic mass is 10.2. The van der Waals surface area contributed by atoms with Crippen molar-refractivity contribution in [3.8, 4) is 5.69 Å². The minimum absolute atomic E-state index is 0.177. The molecule has 0 atom stereocenters. The number of carbonyl (C=O) groups excluding carboxylic acids is 1. The van der Waals surface area contributed by atoms with Crippen molar-refractivity contribution in [2.24, 2.45) is 0 Å². The number of carbonyl (C=O) groups is 1. The van der Waals surface area contributed by atoms with Crippen LogP contribution in [-0.2, 0) is 0 Å². The Morgan fingerprint density at radius 1 is 1.04 bits per heavy atom. The van der Waals surface area contributed by atoms with Crippen LogP contribution in [0.3, 0.4) is 0 Å². The topological polar surface area (TPSA) is 55.6 Å². The summed E-state index contributed by atoms with van der Waals surface area (Å²) in [6.07, 6.45) is 0. The van der Waals surface area contributed by atoms with E-state index >= 15 is 0 Å². The highest BCUT2D eigenvalue weighted by Gasteiger charge is 2.20. The van der Waals surface area contributed by atoms with Gasteiger partial charge in [-0.05, 0) is 43.4 Å². The first-order chi connectivity index (χ1) is 11.7. The van der Waals surface area contributed by atoms with Gasteiger partial charge in [0.2, 0.25) is 0 Å². The molecule has 0 fully saturated rings. The number of hydrogen-bond donors (Lipinski definition) is 1. The number of imidazole rings is 1. The average Bonchev–Trinajstić information content (AvgIpc) is 3.12. The van der Waals surface area contributed by atoms with Crippen molar-refractivity contribution in [2.75, 3.05) is 0 Å². The second-order valence-electron chi connectivity index (χ2n) is 5.47. The number of fused-ring (bicyclic) bond motifs is 1. The van der Waals surface area contributed by atoms with Crippen LogP contribution in [0.1, 0.15) is 16.1 Å². The molecule has 2 heterocycles. The van der Waals surface area contributed by atoms with E-state index in [1.54, 1.807) is 16.8 Å². The van der Waals surface area contributed by atoms with E-state index in [1.165, 1.54) is 4.57 Å². The van der Waals surface area contributed by atoms with Crippen LogP contribution in [0.5, 0.6) is 0 Å². The minimum atomic E-state index is -0.177. The molecule has 0 spiro atoms. The van der Waals surface area contributed by atoms with Crippen molar-refractivity contribution in [3.05, 3.63) is 76.7 Å². The molecule has 4 rings (SSSR count). The minimum Gasteiger partial charge on any atom is -0.327 e. The summed E-state index contributed by atoms with van der Waals surface area (Å²) in [6, 6.07) is 18.8. The van der Waals surface area contributed by atoms with Gasteiger partial charge in [0.25, 0.3) is 5.91 Å². The van der Waals surface area contributed by atoms with Gasteiger partial charge in [-0.2, -0.15) is 5.10 Å². The highest BCUT2D eigenvalue weighted by atomic mass is 32.1. The van der Waals surface area contributed by atoms with Crippen molar-refractivity contribution >= 4 is 29.3 Å². The quantitative estimate of drug-likeness (QED) is 0.566. The Morgan fingerprint density at radius 3 is 2.33 bits per heavy atom. The maximum Gasteiger partial charge on any atom is 0.265 e. The number of para-hydroxylation sites is 1. The number of aromatic nitrogens is 4. The lowest BCUT2D eigenvalue weighted by Gasteiger charge is -2.07. The second-order valence-corrected chi connectivity index (χ2v) is 5.85. The van der Waals surface area contributed by atoms with Gasteiger partial charge < -0.3 is 4.98 Å². The Kier molecular flexibility index (Phi) is 3.39. The van der Waals surface area contributed by atoms with Crippen molar-refractivity contribution in [2.45, 2.75) is 6.92 Å². The number of benzene rings is 2. The molecule has 0 aliphatic carbocycles. The van der Waals surface area contributed by atoms with Gasteiger partial charge >= 0.3 is 0 Å².